The second-order valence-corrected chi connectivity index (χ2v) is 7.06. The molecule has 29 heavy (non-hydrogen) atoms. The van der Waals surface area contributed by atoms with Crippen LogP contribution < -0.4 is 14.8 Å². The Morgan fingerprint density at radius 2 is 1.93 bits per heavy atom. The molecule has 3 rings (SSSR count). The van der Waals surface area contributed by atoms with E-state index in [0.717, 1.165) is 0 Å². The Balaban J connectivity index is 1.90. The third kappa shape index (κ3) is 4.97. The number of amides is 1. The number of carbonyl (C=O) groups excluding carboxylic acids is 2. The predicted octanol–water partition coefficient (Wildman–Crippen LogP) is 3.80. The van der Waals surface area contributed by atoms with E-state index in [9.17, 15) is 14.0 Å². The van der Waals surface area contributed by atoms with E-state index in [-0.39, 0.29) is 41.6 Å². The molecule has 0 aliphatic rings. The standard InChI is InChI=1S/C21H19FN2O4S/c1-23-21(26)20-17(27-2)4-3-5-18(20)28-16-7-6-14(22)10-13(16)11-15(25)12-19-24-8-9-29-19/h3-10H,11-12H2,1-2H3,(H,23,26). The summed E-state index contributed by atoms with van der Waals surface area (Å²) in [7, 11) is 2.95. The highest BCUT2D eigenvalue weighted by Crippen LogP contribution is 2.34. The van der Waals surface area contributed by atoms with Crippen LogP contribution in [0.5, 0.6) is 17.2 Å². The van der Waals surface area contributed by atoms with Gasteiger partial charge in [0.1, 0.15) is 34.4 Å². The molecule has 0 bridgehead atoms. The first-order valence-corrected chi connectivity index (χ1v) is 9.65. The quantitative estimate of drug-likeness (QED) is 0.607. The monoisotopic (exact) mass is 414 g/mol. The molecule has 0 saturated carbocycles. The Morgan fingerprint density at radius 3 is 2.62 bits per heavy atom. The summed E-state index contributed by atoms with van der Waals surface area (Å²) in [6, 6.07) is 8.86. The molecule has 2 aromatic carbocycles. The predicted molar refractivity (Wildman–Crippen MR) is 107 cm³/mol. The lowest BCUT2D eigenvalue weighted by molar-refractivity contribution is -0.117. The summed E-state index contributed by atoms with van der Waals surface area (Å²) in [6.45, 7) is 0. The molecule has 0 spiro atoms. The van der Waals surface area contributed by atoms with Crippen molar-refractivity contribution in [2.24, 2.45) is 0 Å². The number of ketones is 1. The number of rotatable bonds is 8. The van der Waals surface area contributed by atoms with Crippen LogP contribution in [0.3, 0.4) is 0 Å². The van der Waals surface area contributed by atoms with Crippen LogP contribution in [-0.4, -0.2) is 30.8 Å². The van der Waals surface area contributed by atoms with Gasteiger partial charge in [-0.2, -0.15) is 0 Å². The van der Waals surface area contributed by atoms with Gasteiger partial charge in [0.05, 0.1) is 18.5 Å². The maximum atomic E-state index is 13.8. The fourth-order valence-electron chi connectivity index (χ4n) is 2.80. The first-order valence-electron chi connectivity index (χ1n) is 8.77. The van der Waals surface area contributed by atoms with Gasteiger partial charge in [-0.3, -0.25) is 9.59 Å². The van der Waals surface area contributed by atoms with E-state index in [0.29, 0.717) is 16.3 Å². The summed E-state index contributed by atoms with van der Waals surface area (Å²) < 4.78 is 25.0. The average molecular weight is 414 g/mol. The van der Waals surface area contributed by atoms with Crippen LogP contribution in [0, 0.1) is 5.82 Å². The zero-order chi connectivity index (χ0) is 20.8. The number of aromatic nitrogens is 1. The minimum absolute atomic E-state index is 0.0219. The van der Waals surface area contributed by atoms with Crippen molar-refractivity contribution < 1.29 is 23.5 Å². The van der Waals surface area contributed by atoms with E-state index in [2.05, 4.69) is 10.3 Å². The van der Waals surface area contributed by atoms with Gasteiger partial charge >= 0.3 is 0 Å². The molecule has 1 heterocycles. The maximum Gasteiger partial charge on any atom is 0.258 e. The molecule has 1 N–H and O–H groups in total. The summed E-state index contributed by atoms with van der Waals surface area (Å²) in [4.78, 5) is 28.8. The highest BCUT2D eigenvalue weighted by molar-refractivity contribution is 7.09. The van der Waals surface area contributed by atoms with Gasteiger partial charge in [0.2, 0.25) is 0 Å². The van der Waals surface area contributed by atoms with Crippen molar-refractivity contribution in [3.8, 4) is 17.2 Å². The van der Waals surface area contributed by atoms with Gasteiger partial charge in [0, 0.05) is 30.6 Å². The number of nitrogens with one attached hydrogen (secondary N) is 1. The maximum absolute atomic E-state index is 13.8. The summed E-state index contributed by atoms with van der Waals surface area (Å²) in [5, 5.41) is 5.04. The number of carbonyl (C=O) groups is 2. The normalized spacial score (nSPS) is 10.4. The SMILES string of the molecule is CNC(=O)c1c(OC)cccc1Oc1ccc(F)cc1CC(=O)Cc1nccs1. The number of methoxy groups -OCH3 is 1. The van der Waals surface area contributed by atoms with Crippen molar-refractivity contribution in [3.63, 3.8) is 0 Å². The minimum atomic E-state index is -0.480. The van der Waals surface area contributed by atoms with Gasteiger partial charge in [-0.15, -0.1) is 11.3 Å². The topological polar surface area (TPSA) is 77.5 Å². The second-order valence-electron chi connectivity index (χ2n) is 6.08. The van der Waals surface area contributed by atoms with Gasteiger partial charge < -0.3 is 14.8 Å². The van der Waals surface area contributed by atoms with Crippen LogP contribution >= 0.6 is 11.3 Å². The Bertz CT molecular complexity index is 1020. The number of nitrogens with zero attached hydrogens (tertiary/aromatic N) is 1. The van der Waals surface area contributed by atoms with Crippen molar-refractivity contribution in [2.45, 2.75) is 12.8 Å². The van der Waals surface area contributed by atoms with E-state index in [1.165, 1.54) is 43.7 Å². The molecule has 3 aromatic rings. The van der Waals surface area contributed by atoms with E-state index in [4.69, 9.17) is 9.47 Å². The van der Waals surface area contributed by atoms with Gasteiger partial charge in [0.25, 0.3) is 5.91 Å². The number of ether oxygens (including phenoxy) is 2. The molecule has 1 aromatic heterocycles. The Labute approximate surface area is 171 Å². The van der Waals surface area contributed by atoms with Gasteiger partial charge in [-0.25, -0.2) is 9.37 Å². The van der Waals surface area contributed by atoms with E-state index >= 15 is 0 Å². The third-order valence-electron chi connectivity index (χ3n) is 4.12. The van der Waals surface area contributed by atoms with Gasteiger partial charge in [-0.05, 0) is 30.3 Å². The highest BCUT2D eigenvalue weighted by Gasteiger charge is 2.20. The smallest absolute Gasteiger partial charge is 0.258 e. The number of Topliss-reactive ketones (excluding diaryl/α,β-unsaturated/α-hetero) is 1. The van der Waals surface area contributed by atoms with Crippen molar-refractivity contribution in [2.75, 3.05) is 14.2 Å². The van der Waals surface area contributed by atoms with Crippen LogP contribution in [0.25, 0.3) is 0 Å². The first kappa shape index (κ1) is 20.5. The van der Waals surface area contributed by atoms with Crippen molar-refractivity contribution >= 4 is 23.0 Å². The average Bonchev–Trinajstić information content (AvgIpc) is 3.22. The number of hydrogen-bond acceptors (Lipinski definition) is 6. The lowest BCUT2D eigenvalue weighted by Gasteiger charge is -2.15. The summed E-state index contributed by atoms with van der Waals surface area (Å²) in [5.74, 6) is -0.119. The molecular weight excluding hydrogens is 395 g/mol. The minimum Gasteiger partial charge on any atom is -0.496 e. The fraction of sp³-hybridized carbons (Fsp3) is 0.190. The third-order valence-corrected chi connectivity index (χ3v) is 4.90. The van der Waals surface area contributed by atoms with Gasteiger partial charge in [-0.1, -0.05) is 6.07 Å². The van der Waals surface area contributed by atoms with Crippen LogP contribution in [0.15, 0.2) is 48.0 Å². The van der Waals surface area contributed by atoms with Crippen molar-refractivity contribution in [1.29, 1.82) is 0 Å². The molecule has 6 nitrogen and oxygen atoms in total. The fourth-order valence-corrected chi connectivity index (χ4v) is 3.45. The van der Waals surface area contributed by atoms with E-state index in [1.807, 2.05) is 0 Å². The van der Waals surface area contributed by atoms with Crippen LogP contribution in [0.1, 0.15) is 20.9 Å². The molecular formula is C21H19FN2O4S. The number of halogens is 1. The van der Waals surface area contributed by atoms with Crippen molar-refractivity contribution in [1.82, 2.24) is 10.3 Å². The summed E-state index contributed by atoms with van der Waals surface area (Å²) >= 11 is 1.39. The Kier molecular flexibility index (Phi) is 6.56. The number of thiazole rings is 1. The Hall–Kier alpha value is -3.26. The van der Waals surface area contributed by atoms with Gasteiger partial charge in [0.15, 0.2) is 0 Å². The lowest BCUT2D eigenvalue weighted by atomic mass is 10.1. The molecule has 1 amide bonds. The lowest BCUT2D eigenvalue weighted by Crippen LogP contribution is -2.19. The molecule has 0 fully saturated rings. The zero-order valence-electron chi connectivity index (χ0n) is 15.9. The van der Waals surface area contributed by atoms with Crippen LogP contribution in [0.4, 0.5) is 4.39 Å². The summed E-state index contributed by atoms with van der Waals surface area (Å²) in [5.41, 5.74) is 0.596. The first-order chi connectivity index (χ1) is 14.0. The molecule has 8 heteroatoms. The number of hydrogen-bond donors (Lipinski definition) is 1. The van der Waals surface area contributed by atoms with E-state index in [1.54, 1.807) is 29.8 Å². The number of benzene rings is 2. The molecule has 0 aliphatic carbocycles. The van der Waals surface area contributed by atoms with Crippen LogP contribution in [-0.2, 0) is 17.6 Å². The molecule has 0 atom stereocenters. The molecule has 0 aliphatic heterocycles. The molecule has 150 valence electrons. The highest BCUT2D eigenvalue weighted by atomic mass is 32.1. The van der Waals surface area contributed by atoms with Crippen molar-refractivity contribution in [3.05, 3.63) is 69.9 Å². The second kappa shape index (κ2) is 9.29. The molecule has 0 radical (unpaired) electrons. The molecule has 0 saturated heterocycles. The zero-order valence-corrected chi connectivity index (χ0v) is 16.7. The summed E-state index contributed by atoms with van der Waals surface area (Å²) in [6.07, 6.45) is 1.77. The Morgan fingerprint density at radius 1 is 1.14 bits per heavy atom. The largest absolute Gasteiger partial charge is 0.496 e. The molecule has 0 unspecified atom stereocenters. The van der Waals surface area contributed by atoms with Crippen LogP contribution in [0.2, 0.25) is 0 Å². The van der Waals surface area contributed by atoms with E-state index < -0.39 is 5.82 Å².